The summed E-state index contributed by atoms with van der Waals surface area (Å²) in [5, 5.41) is 0. The molecular formula is C10H16ClFN2. The second-order valence-electron chi connectivity index (χ2n) is 3.19. The topological polar surface area (TPSA) is 52.0 Å². The molecule has 0 amide bonds. The fourth-order valence-corrected chi connectivity index (χ4v) is 1.24. The van der Waals surface area contributed by atoms with Crippen LogP contribution in [0.5, 0.6) is 0 Å². The van der Waals surface area contributed by atoms with Gasteiger partial charge in [0.05, 0.1) is 0 Å². The summed E-state index contributed by atoms with van der Waals surface area (Å²) in [7, 11) is 0. The summed E-state index contributed by atoms with van der Waals surface area (Å²) in [5.41, 5.74) is 12.8. The van der Waals surface area contributed by atoms with Gasteiger partial charge in [0.15, 0.2) is 0 Å². The van der Waals surface area contributed by atoms with Gasteiger partial charge in [-0.1, -0.05) is 12.1 Å². The van der Waals surface area contributed by atoms with Crippen molar-refractivity contribution in [3.05, 3.63) is 35.1 Å². The Morgan fingerprint density at radius 3 is 2.57 bits per heavy atom. The van der Waals surface area contributed by atoms with Gasteiger partial charge in [-0.2, -0.15) is 0 Å². The maximum atomic E-state index is 12.9. The van der Waals surface area contributed by atoms with Crippen LogP contribution in [0.4, 0.5) is 4.39 Å². The molecule has 1 rings (SSSR count). The summed E-state index contributed by atoms with van der Waals surface area (Å²) in [6.07, 6.45) is 0.727. The summed E-state index contributed by atoms with van der Waals surface area (Å²) in [6.45, 7) is 2.28. The van der Waals surface area contributed by atoms with E-state index in [0.717, 1.165) is 12.0 Å². The van der Waals surface area contributed by atoms with Crippen LogP contribution in [0.2, 0.25) is 0 Å². The monoisotopic (exact) mass is 218 g/mol. The van der Waals surface area contributed by atoms with E-state index in [2.05, 4.69) is 0 Å². The van der Waals surface area contributed by atoms with Gasteiger partial charge in [0.2, 0.25) is 0 Å². The lowest BCUT2D eigenvalue weighted by molar-refractivity contribution is 0.611. The molecule has 0 aliphatic heterocycles. The standard InChI is InChI=1S/C10H15FN2.ClH/c1-7-6-8(2-3-9(7)11)10(13)4-5-12;/h2-3,6,10H,4-5,12-13H2,1H3;1H/t10-;/m1./s1. The molecule has 4 N–H and O–H groups in total. The zero-order chi connectivity index (χ0) is 9.84. The van der Waals surface area contributed by atoms with E-state index >= 15 is 0 Å². The molecule has 0 saturated heterocycles. The molecule has 2 nitrogen and oxygen atoms in total. The Morgan fingerprint density at radius 1 is 1.43 bits per heavy atom. The first-order valence-electron chi connectivity index (χ1n) is 4.37. The van der Waals surface area contributed by atoms with Crippen molar-refractivity contribution >= 4 is 12.4 Å². The lowest BCUT2D eigenvalue weighted by Gasteiger charge is -2.11. The van der Waals surface area contributed by atoms with E-state index in [0.29, 0.717) is 12.1 Å². The van der Waals surface area contributed by atoms with Gasteiger partial charge in [0.25, 0.3) is 0 Å². The van der Waals surface area contributed by atoms with Crippen molar-refractivity contribution in [3.8, 4) is 0 Å². The van der Waals surface area contributed by atoms with Crippen LogP contribution in [-0.2, 0) is 0 Å². The van der Waals surface area contributed by atoms with Crippen LogP contribution in [0.1, 0.15) is 23.6 Å². The summed E-state index contributed by atoms with van der Waals surface area (Å²) < 4.78 is 12.9. The Hall–Kier alpha value is -0.640. The van der Waals surface area contributed by atoms with E-state index in [-0.39, 0.29) is 24.3 Å². The normalized spacial score (nSPS) is 12.0. The molecule has 1 atom stereocenters. The third-order valence-corrected chi connectivity index (χ3v) is 2.09. The van der Waals surface area contributed by atoms with Crippen LogP contribution < -0.4 is 11.5 Å². The zero-order valence-electron chi connectivity index (χ0n) is 8.16. The molecule has 14 heavy (non-hydrogen) atoms. The van der Waals surface area contributed by atoms with Crippen molar-refractivity contribution in [3.63, 3.8) is 0 Å². The highest BCUT2D eigenvalue weighted by Gasteiger charge is 2.06. The van der Waals surface area contributed by atoms with Gasteiger partial charge in [-0.25, -0.2) is 4.39 Å². The molecule has 1 aromatic carbocycles. The third-order valence-electron chi connectivity index (χ3n) is 2.09. The van der Waals surface area contributed by atoms with Crippen LogP contribution in [0, 0.1) is 12.7 Å². The first kappa shape index (κ1) is 13.4. The maximum absolute atomic E-state index is 12.9. The maximum Gasteiger partial charge on any atom is 0.126 e. The first-order chi connectivity index (χ1) is 6.15. The predicted octanol–water partition coefficient (Wildman–Crippen LogP) is 1.90. The molecule has 0 unspecified atom stereocenters. The van der Waals surface area contributed by atoms with Crippen LogP contribution >= 0.6 is 12.4 Å². The fraction of sp³-hybridized carbons (Fsp3) is 0.400. The second-order valence-corrected chi connectivity index (χ2v) is 3.19. The van der Waals surface area contributed by atoms with E-state index in [4.69, 9.17) is 11.5 Å². The van der Waals surface area contributed by atoms with E-state index in [1.54, 1.807) is 19.1 Å². The van der Waals surface area contributed by atoms with Gasteiger partial charge in [-0.3, -0.25) is 0 Å². The van der Waals surface area contributed by atoms with E-state index in [1.807, 2.05) is 0 Å². The predicted molar refractivity (Wildman–Crippen MR) is 59.0 cm³/mol. The number of nitrogens with two attached hydrogens (primary N) is 2. The van der Waals surface area contributed by atoms with Crippen LogP contribution in [-0.4, -0.2) is 6.54 Å². The lowest BCUT2D eigenvalue weighted by Crippen LogP contribution is -2.15. The highest BCUT2D eigenvalue weighted by Crippen LogP contribution is 2.16. The highest BCUT2D eigenvalue weighted by atomic mass is 35.5. The van der Waals surface area contributed by atoms with Gasteiger partial charge in [0, 0.05) is 6.04 Å². The molecule has 0 aromatic heterocycles. The highest BCUT2D eigenvalue weighted by molar-refractivity contribution is 5.85. The number of hydrogen-bond donors (Lipinski definition) is 2. The minimum absolute atomic E-state index is 0. The van der Waals surface area contributed by atoms with Crippen molar-refractivity contribution in [1.82, 2.24) is 0 Å². The molecule has 80 valence electrons. The van der Waals surface area contributed by atoms with Crippen LogP contribution in [0.3, 0.4) is 0 Å². The fourth-order valence-electron chi connectivity index (χ4n) is 1.24. The van der Waals surface area contributed by atoms with Crippen molar-refractivity contribution in [2.45, 2.75) is 19.4 Å². The molecule has 1 aromatic rings. The third kappa shape index (κ3) is 3.25. The molecule has 4 heteroatoms. The Kier molecular flexibility index (Phi) is 5.69. The van der Waals surface area contributed by atoms with E-state index in [9.17, 15) is 4.39 Å². The summed E-state index contributed by atoms with van der Waals surface area (Å²) in [6, 6.07) is 4.85. The van der Waals surface area contributed by atoms with Crippen molar-refractivity contribution in [2.24, 2.45) is 11.5 Å². The quantitative estimate of drug-likeness (QED) is 0.814. The Balaban J connectivity index is 0.00000169. The Morgan fingerprint density at radius 2 is 2.07 bits per heavy atom. The molecule has 0 bridgehead atoms. The van der Waals surface area contributed by atoms with E-state index in [1.165, 1.54) is 6.07 Å². The largest absolute Gasteiger partial charge is 0.330 e. The Labute approximate surface area is 89.9 Å². The van der Waals surface area contributed by atoms with Crippen molar-refractivity contribution in [1.29, 1.82) is 0 Å². The average molecular weight is 219 g/mol. The van der Waals surface area contributed by atoms with Gasteiger partial charge >= 0.3 is 0 Å². The van der Waals surface area contributed by atoms with Crippen molar-refractivity contribution < 1.29 is 4.39 Å². The molecule has 0 saturated carbocycles. The van der Waals surface area contributed by atoms with Gasteiger partial charge < -0.3 is 11.5 Å². The molecule has 0 aliphatic carbocycles. The summed E-state index contributed by atoms with van der Waals surface area (Å²) >= 11 is 0. The number of aryl methyl sites for hydroxylation is 1. The first-order valence-corrected chi connectivity index (χ1v) is 4.37. The molecule has 0 heterocycles. The van der Waals surface area contributed by atoms with Gasteiger partial charge in [-0.15, -0.1) is 12.4 Å². The summed E-state index contributed by atoms with van der Waals surface area (Å²) in [5.74, 6) is -0.191. The van der Waals surface area contributed by atoms with Crippen molar-refractivity contribution in [2.75, 3.05) is 6.54 Å². The van der Waals surface area contributed by atoms with Gasteiger partial charge in [-0.05, 0) is 37.1 Å². The molecular weight excluding hydrogens is 203 g/mol. The minimum atomic E-state index is -0.191. The molecule has 0 radical (unpaired) electrons. The minimum Gasteiger partial charge on any atom is -0.330 e. The number of rotatable bonds is 3. The molecule has 0 spiro atoms. The van der Waals surface area contributed by atoms with Crippen LogP contribution in [0.15, 0.2) is 18.2 Å². The Bertz CT molecular complexity index is 291. The molecule has 0 aliphatic rings. The number of halogens is 2. The molecule has 0 fully saturated rings. The second kappa shape index (κ2) is 5.96. The van der Waals surface area contributed by atoms with E-state index < -0.39 is 0 Å². The zero-order valence-corrected chi connectivity index (χ0v) is 8.98. The summed E-state index contributed by atoms with van der Waals surface area (Å²) in [4.78, 5) is 0. The van der Waals surface area contributed by atoms with Gasteiger partial charge in [0.1, 0.15) is 5.82 Å². The number of hydrogen-bond acceptors (Lipinski definition) is 2. The SMILES string of the molecule is Cc1cc([C@H](N)CCN)ccc1F.Cl. The smallest absolute Gasteiger partial charge is 0.126 e. The number of benzene rings is 1. The lowest BCUT2D eigenvalue weighted by atomic mass is 10.0. The average Bonchev–Trinajstić information content (AvgIpc) is 2.10. The van der Waals surface area contributed by atoms with Crippen LogP contribution in [0.25, 0.3) is 0 Å².